The van der Waals surface area contributed by atoms with E-state index >= 15 is 0 Å². The fraction of sp³-hybridized carbons (Fsp3) is 0.0833. The number of hydrogen-bond acceptors (Lipinski definition) is 6. The van der Waals surface area contributed by atoms with Crippen molar-refractivity contribution in [2.75, 3.05) is 0 Å². The van der Waals surface area contributed by atoms with Gasteiger partial charge in [-0.15, -0.1) is 0 Å². The molecule has 2 aromatic rings. The number of carbonyl (C=O) groups is 1. The van der Waals surface area contributed by atoms with Crippen LogP contribution in [0.15, 0.2) is 34.9 Å². The Bertz CT molecular complexity index is 685. The van der Waals surface area contributed by atoms with Crippen LogP contribution in [0, 0.1) is 10.1 Å². The number of nitrogen functional groups attached to an aromatic ring is 1. The third-order valence-electron chi connectivity index (χ3n) is 2.54. The maximum atomic E-state index is 11.2. The molecule has 1 aromatic carbocycles. The zero-order valence-electron chi connectivity index (χ0n) is 10.5. The highest BCUT2D eigenvalue weighted by atomic mass is 35.5. The van der Waals surface area contributed by atoms with E-state index in [9.17, 15) is 14.9 Å². The molecule has 0 radical (unpaired) electrons. The number of hydrazine groups is 1. The summed E-state index contributed by atoms with van der Waals surface area (Å²) in [7, 11) is 0. The third-order valence-corrected chi connectivity index (χ3v) is 2.85. The zero-order chi connectivity index (χ0) is 15.4. The summed E-state index contributed by atoms with van der Waals surface area (Å²) in [6.07, 6.45) is 1.22. The number of amides is 1. The van der Waals surface area contributed by atoms with Gasteiger partial charge in [0.25, 0.3) is 11.6 Å². The second-order valence-corrected chi connectivity index (χ2v) is 4.34. The van der Waals surface area contributed by atoms with E-state index in [1.165, 1.54) is 30.5 Å². The molecule has 0 unspecified atom stereocenters. The number of hydrogen-bond donors (Lipinski definition) is 2. The molecule has 0 atom stereocenters. The van der Waals surface area contributed by atoms with Crippen molar-refractivity contribution in [2.45, 2.75) is 6.61 Å². The molecule has 1 amide bonds. The molecule has 9 heteroatoms. The number of rotatable bonds is 5. The van der Waals surface area contributed by atoms with Crippen LogP contribution in [-0.4, -0.2) is 10.8 Å². The van der Waals surface area contributed by atoms with Crippen molar-refractivity contribution in [3.05, 3.63) is 57.0 Å². The number of ether oxygens (including phenoxy) is 1. The lowest BCUT2D eigenvalue weighted by molar-refractivity contribution is -0.384. The molecular weight excluding hydrogens is 302 g/mol. The smallest absolute Gasteiger partial charge is 0.273 e. The first-order chi connectivity index (χ1) is 10.0. The average Bonchev–Trinajstić information content (AvgIpc) is 2.94. The molecule has 2 rings (SSSR count). The van der Waals surface area contributed by atoms with E-state index in [4.69, 9.17) is 26.6 Å². The van der Waals surface area contributed by atoms with Crippen LogP contribution >= 0.6 is 11.6 Å². The molecule has 0 saturated carbocycles. The first-order valence-electron chi connectivity index (χ1n) is 5.66. The van der Waals surface area contributed by atoms with Crippen LogP contribution in [0.3, 0.4) is 0 Å². The highest BCUT2D eigenvalue weighted by Crippen LogP contribution is 2.29. The van der Waals surface area contributed by atoms with Crippen molar-refractivity contribution in [2.24, 2.45) is 5.84 Å². The van der Waals surface area contributed by atoms with E-state index in [2.05, 4.69) is 0 Å². The van der Waals surface area contributed by atoms with Gasteiger partial charge >= 0.3 is 0 Å². The van der Waals surface area contributed by atoms with Crippen molar-refractivity contribution in [3.63, 3.8) is 0 Å². The summed E-state index contributed by atoms with van der Waals surface area (Å²) in [6.45, 7) is -0.0429. The Balaban J connectivity index is 2.09. The SMILES string of the molecule is NNC(=O)c1coc(COc2cc([N+](=O)[O-])ccc2Cl)c1. The van der Waals surface area contributed by atoms with E-state index in [0.717, 1.165) is 0 Å². The predicted octanol–water partition coefficient (Wildman–Crippen LogP) is 2.02. The summed E-state index contributed by atoms with van der Waals surface area (Å²) in [4.78, 5) is 21.4. The quantitative estimate of drug-likeness (QED) is 0.377. The second-order valence-electron chi connectivity index (χ2n) is 3.94. The number of nitrogens with two attached hydrogens (primary N) is 1. The third kappa shape index (κ3) is 3.50. The number of furan rings is 1. The van der Waals surface area contributed by atoms with Gasteiger partial charge in [0.05, 0.1) is 21.6 Å². The lowest BCUT2D eigenvalue weighted by Gasteiger charge is -2.05. The number of nitrogens with zero attached hydrogens (tertiary/aromatic N) is 1. The van der Waals surface area contributed by atoms with E-state index in [1.807, 2.05) is 5.43 Å². The highest BCUT2D eigenvalue weighted by molar-refractivity contribution is 6.32. The van der Waals surface area contributed by atoms with Gasteiger partial charge in [0.1, 0.15) is 24.4 Å². The van der Waals surface area contributed by atoms with E-state index in [1.54, 1.807) is 0 Å². The molecular formula is C12H10ClN3O5. The van der Waals surface area contributed by atoms with Gasteiger partial charge in [0, 0.05) is 6.07 Å². The molecule has 110 valence electrons. The van der Waals surface area contributed by atoms with Crippen LogP contribution in [0.25, 0.3) is 0 Å². The van der Waals surface area contributed by atoms with Gasteiger partial charge in [0.2, 0.25) is 0 Å². The molecule has 0 bridgehead atoms. The summed E-state index contributed by atoms with van der Waals surface area (Å²) < 4.78 is 10.5. The van der Waals surface area contributed by atoms with E-state index < -0.39 is 10.8 Å². The van der Waals surface area contributed by atoms with Crippen LogP contribution in [0.1, 0.15) is 16.1 Å². The van der Waals surface area contributed by atoms with Gasteiger partial charge < -0.3 is 9.15 Å². The summed E-state index contributed by atoms with van der Waals surface area (Å²) in [5, 5.41) is 10.9. The molecule has 0 aliphatic heterocycles. The Morgan fingerprint density at radius 2 is 2.24 bits per heavy atom. The van der Waals surface area contributed by atoms with Crippen LogP contribution in [0.5, 0.6) is 5.75 Å². The zero-order valence-corrected chi connectivity index (χ0v) is 11.3. The van der Waals surface area contributed by atoms with Gasteiger partial charge in [0.15, 0.2) is 0 Å². The normalized spacial score (nSPS) is 10.2. The molecule has 3 N–H and O–H groups in total. The van der Waals surface area contributed by atoms with E-state index in [-0.39, 0.29) is 28.6 Å². The largest absolute Gasteiger partial charge is 0.484 e. The Morgan fingerprint density at radius 3 is 2.90 bits per heavy atom. The fourth-order valence-corrected chi connectivity index (χ4v) is 1.70. The Hall–Kier alpha value is -2.58. The van der Waals surface area contributed by atoms with Gasteiger partial charge in [-0.25, -0.2) is 5.84 Å². The maximum absolute atomic E-state index is 11.2. The average molecular weight is 312 g/mol. The standard InChI is InChI=1S/C12H10ClN3O5/c13-10-2-1-8(16(18)19)4-11(10)21-6-9-3-7(5-20-9)12(17)15-14/h1-5H,6,14H2,(H,15,17). The lowest BCUT2D eigenvalue weighted by atomic mass is 10.3. The number of nitro benzene ring substituents is 1. The van der Waals surface area contributed by atoms with E-state index in [0.29, 0.717) is 5.76 Å². The van der Waals surface area contributed by atoms with Crippen LogP contribution in [0.4, 0.5) is 5.69 Å². The molecule has 0 aliphatic carbocycles. The predicted molar refractivity (Wildman–Crippen MR) is 72.8 cm³/mol. The number of non-ortho nitro benzene ring substituents is 1. The lowest BCUT2D eigenvalue weighted by Crippen LogP contribution is -2.29. The number of carbonyl (C=O) groups excluding carboxylic acids is 1. The first-order valence-corrected chi connectivity index (χ1v) is 6.04. The summed E-state index contributed by atoms with van der Waals surface area (Å²) in [5.41, 5.74) is 2.06. The van der Waals surface area contributed by atoms with Crippen molar-refractivity contribution < 1.29 is 18.9 Å². The highest BCUT2D eigenvalue weighted by Gasteiger charge is 2.13. The minimum Gasteiger partial charge on any atom is -0.484 e. The van der Waals surface area contributed by atoms with Crippen LogP contribution in [-0.2, 0) is 6.61 Å². The minimum atomic E-state index is -0.556. The van der Waals surface area contributed by atoms with Gasteiger partial charge in [-0.05, 0) is 12.1 Å². The van der Waals surface area contributed by atoms with Gasteiger partial charge in [-0.2, -0.15) is 0 Å². The number of benzene rings is 1. The number of halogens is 1. The second kappa shape index (κ2) is 6.25. The van der Waals surface area contributed by atoms with Crippen molar-refractivity contribution in [1.82, 2.24) is 5.43 Å². The maximum Gasteiger partial charge on any atom is 0.273 e. The van der Waals surface area contributed by atoms with Crippen LogP contribution < -0.4 is 16.0 Å². The van der Waals surface area contributed by atoms with Crippen molar-refractivity contribution in [3.8, 4) is 5.75 Å². The Morgan fingerprint density at radius 1 is 1.48 bits per heavy atom. The molecule has 0 fully saturated rings. The minimum absolute atomic E-state index is 0.0429. The molecule has 1 heterocycles. The molecule has 21 heavy (non-hydrogen) atoms. The molecule has 8 nitrogen and oxygen atoms in total. The topological polar surface area (TPSA) is 121 Å². The monoisotopic (exact) mass is 311 g/mol. The Kier molecular flexibility index (Phi) is 4.41. The molecule has 0 aliphatic rings. The first kappa shape index (κ1) is 14.8. The Labute approximate surface area is 123 Å². The van der Waals surface area contributed by atoms with Crippen LogP contribution in [0.2, 0.25) is 5.02 Å². The van der Waals surface area contributed by atoms with Crippen molar-refractivity contribution >= 4 is 23.2 Å². The number of nitrogens with one attached hydrogen (secondary N) is 1. The summed E-state index contributed by atoms with van der Waals surface area (Å²) >= 11 is 5.89. The molecule has 1 aromatic heterocycles. The fourth-order valence-electron chi connectivity index (χ4n) is 1.52. The molecule has 0 spiro atoms. The van der Waals surface area contributed by atoms with Gasteiger partial charge in [-0.1, -0.05) is 11.6 Å². The van der Waals surface area contributed by atoms with Gasteiger partial charge in [-0.3, -0.25) is 20.3 Å². The number of nitro groups is 1. The summed E-state index contributed by atoms with van der Waals surface area (Å²) in [6, 6.07) is 5.28. The summed E-state index contributed by atoms with van der Waals surface area (Å²) in [5.74, 6) is 4.98. The molecule has 0 saturated heterocycles. The van der Waals surface area contributed by atoms with Crippen molar-refractivity contribution in [1.29, 1.82) is 0 Å².